The first-order chi connectivity index (χ1) is 14.4. The molecule has 0 spiro atoms. The van der Waals surface area contributed by atoms with Crippen LogP contribution in [-0.2, 0) is 26.3 Å². The molecule has 9 heteroatoms. The Morgan fingerprint density at radius 2 is 1.94 bits per heavy atom. The standard InChI is InChI=1S/C22H34N2O7/c1-13-11-22(29,12-14(2)31-13)18(19(26)24-30)10-17(25)8-7-15-5-4-6-16(9-15)21(3,28)20(23)27/h4-6,9,13-14,17-18,25,28-30H,7-8,10-12H2,1-3H3,(H2,23,27)(H,24,26). The van der Waals surface area contributed by atoms with Crippen LogP contribution in [0.3, 0.4) is 0 Å². The molecule has 9 nitrogen and oxygen atoms in total. The molecular weight excluding hydrogens is 404 g/mol. The van der Waals surface area contributed by atoms with E-state index in [0.717, 1.165) is 5.56 Å². The summed E-state index contributed by atoms with van der Waals surface area (Å²) in [6.45, 7) is 4.93. The SMILES string of the molecule is CC1CC(O)(C(CC(O)CCc2cccc(C(C)(O)C(N)=O)c2)C(=O)NO)CC(C)O1. The number of nitrogens with one attached hydrogen (secondary N) is 1. The number of hydrogen-bond acceptors (Lipinski definition) is 7. The average Bonchev–Trinajstić information content (AvgIpc) is 2.68. The lowest BCUT2D eigenvalue weighted by Crippen LogP contribution is -2.54. The smallest absolute Gasteiger partial charge is 0.253 e. The number of amides is 2. The predicted molar refractivity (Wildman–Crippen MR) is 112 cm³/mol. The molecule has 0 aromatic heterocycles. The number of rotatable bonds is 9. The topological polar surface area (TPSA) is 162 Å². The summed E-state index contributed by atoms with van der Waals surface area (Å²) in [5, 5.41) is 41.2. The number of carbonyl (C=O) groups excluding carboxylic acids is 2. The zero-order valence-corrected chi connectivity index (χ0v) is 18.2. The van der Waals surface area contributed by atoms with Crippen LogP contribution in [-0.4, -0.2) is 56.3 Å². The number of ether oxygens (including phenoxy) is 1. The van der Waals surface area contributed by atoms with E-state index in [1.54, 1.807) is 43.6 Å². The fourth-order valence-corrected chi connectivity index (χ4v) is 4.40. The molecule has 1 saturated heterocycles. The first kappa shape index (κ1) is 25.2. The number of hydroxylamine groups is 1. The molecule has 0 aliphatic carbocycles. The molecule has 7 N–H and O–H groups in total. The van der Waals surface area contributed by atoms with Crippen LogP contribution in [0.1, 0.15) is 57.6 Å². The van der Waals surface area contributed by atoms with Crippen molar-refractivity contribution in [2.75, 3.05) is 0 Å². The van der Waals surface area contributed by atoms with E-state index in [4.69, 9.17) is 15.7 Å². The predicted octanol–water partition coefficient (Wildman–Crippen LogP) is 0.503. The van der Waals surface area contributed by atoms with Crippen LogP contribution in [0.15, 0.2) is 24.3 Å². The van der Waals surface area contributed by atoms with Crippen molar-refractivity contribution in [3.63, 3.8) is 0 Å². The molecule has 0 saturated carbocycles. The van der Waals surface area contributed by atoms with Crippen LogP contribution < -0.4 is 11.2 Å². The minimum atomic E-state index is -1.81. The van der Waals surface area contributed by atoms with Gasteiger partial charge in [-0.1, -0.05) is 24.3 Å². The zero-order valence-electron chi connectivity index (χ0n) is 18.2. The van der Waals surface area contributed by atoms with Gasteiger partial charge in [0, 0.05) is 12.8 Å². The molecule has 1 aliphatic rings. The highest BCUT2D eigenvalue weighted by Crippen LogP contribution is 2.37. The van der Waals surface area contributed by atoms with Crippen LogP contribution in [0.4, 0.5) is 0 Å². The van der Waals surface area contributed by atoms with E-state index in [0.29, 0.717) is 12.0 Å². The van der Waals surface area contributed by atoms with Crippen molar-refractivity contribution in [3.8, 4) is 0 Å². The largest absolute Gasteiger partial charge is 0.393 e. The molecule has 31 heavy (non-hydrogen) atoms. The molecular formula is C22H34N2O7. The Balaban J connectivity index is 2.08. The summed E-state index contributed by atoms with van der Waals surface area (Å²) in [6.07, 6.45) is -0.387. The minimum Gasteiger partial charge on any atom is -0.393 e. The molecule has 2 amide bonds. The lowest BCUT2D eigenvalue weighted by atomic mass is 9.74. The molecule has 5 unspecified atom stereocenters. The van der Waals surface area contributed by atoms with Crippen LogP contribution >= 0.6 is 0 Å². The quantitative estimate of drug-likeness (QED) is 0.242. The second kappa shape index (κ2) is 10.1. The van der Waals surface area contributed by atoms with Crippen molar-refractivity contribution < 1.29 is 34.9 Å². The average molecular weight is 439 g/mol. The maximum Gasteiger partial charge on any atom is 0.253 e. The molecule has 174 valence electrons. The van der Waals surface area contributed by atoms with E-state index in [-0.39, 0.29) is 37.9 Å². The van der Waals surface area contributed by atoms with E-state index in [9.17, 15) is 24.9 Å². The van der Waals surface area contributed by atoms with Crippen molar-refractivity contribution in [3.05, 3.63) is 35.4 Å². The third kappa shape index (κ3) is 6.24. The number of aliphatic hydroxyl groups is 3. The van der Waals surface area contributed by atoms with Crippen molar-refractivity contribution in [2.45, 2.75) is 82.4 Å². The summed E-state index contributed by atoms with van der Waals surface area (Å²) in [5.74, 6) is -2.62. The van der Waals surface area contributed by atoms with Gasteiger partial charge < -0.3 is 25.8 Å². The summed E-state index contributed by atoms with van der Waals surface area (Å²) in [5.41, 5.74) is 4.77. The number of primary amides is 1. The summed E-state index contributed by atoms with van der Waals surface area (Å²) in [4.78, 5) is 23.8. The summed E-state index contributed by atoms with van der Waals surface area (Å²) in [6, 6.07) is 6.71. The molecule has 1 heterocycles. The summed E-state index contributed by atoms with van der Waals surface area (Å²) >= 11 is 0. The number of carbonyl (C=O) groups is 2. The summed E-state index contributed by atoms with van der Waals surface area (Å²) in [7, 11) is 0. The van der Waals surface area contributed by atoms with Gasteiger partial charge in [-0.05, 0) is 51.2 Å². The molecule has 1 aromatic carbocycles. The van der Waals surface area contributed by atoms with Gasteiger partial charge in [-0.3, -0.25) is 14.8 Å². The maximum atomic E-state index is 12.3. The monoisotopic (exact) mass is 438 g/mol. The fraction of sp³-hybridized carbons (Fsp3) is 0.636. The Morgan fingerprint density at radius 3 is 2.48 bits per heavy atom. The van der Waals surface area contributed by atoms with Crippen molar-refractivity contribution in [1.82, 2.24) is 5.48 Å². The Kier molecular flexibility index (Phi) is 8.18. The minimum absolute atomic E-state index is 0.0406. The van der Waals surface area contributed by atoms with Crippen LogP contribution in [0, 0.1) is 5.92 Å². The molecule has 0 radical (unpaired) electrons. The lowest BCUT2D eigenvalue weighted by Gasteiger charge is -2.43. The van der Waals surface area contributed by atoms with Crippen molar-refractivity contribution in [2.24, 2.45) is 11.7 Å². The van der Waals surface area contributed by atoms with Crippen LogP contribution in [0.5, 0.6) is 0 Å². The third-order valence-electron chi connectivity index (χ3n) is 6.06. The van der Waals surface area contributed by atoms with Gasteiger partial charge in [-0.2, -0.15) is 0 Å². The van der Waals surface area contributed by atoms with E-state index in [2.05, 4.69) is 0 Å². The van der Waals surface area contributed by atoms with Crippen LogP contribution in [0.25, 0.3) is 0 Å². The Bertz CT molecular complexity index is 773. The number of hydrogen-bond donors (Lipinski definition) is 6. The van der Waals surface area contributed by atoms with E-state index < -0.39 is 35.0 Å². The van der Waals surface area contributed by atoms with Gasteiger partial charge in [0.2, 0.25) is 5.91 Å². The number of nitrogens with two attached hydrogens (primary N) is 1. The molecule has 0 bridgehead atoms. The number of benzene rings is 1. The zero-order chi connectivity index (χ0) is 23.4. The lowest BCUT2D eigenvalue weighted by molar-refractivity contribution is -0.174. The van der Waals surface area contributed by atoms with Gasteiger partial charge in [0.1, 0.15) is 0 Å². The Labute approximate surface area is 182 Å². The van der Waals surface area contributed by atoms with Gasteiger partial charge in [0.15, 0.2) is 5.60 Å². The molecule has 1 aromatic rings. The molecule has 2 rings (SSSR count). The molecule has 5 atom stereocenters. The van der Waals surface area contributed by atoms with Gasteiger partial charge >= 0.3 is 0 Å². The first-order valence-corrected chi connectivity index (χ1v) is 10.5. The number of aliphatic hydroxyl groups excluding tert-OH is 1. The van der Waals surface area contributed by atoms with Crippen molar-refractivity contribution in [1.29, 1.82) is 0 Å². The van der Waals surface area contributed by atoms with E-state index in [1.165, 1.54) is 6.92 Å². The highest BCUT2D eigenvalue weighted by Gasteiger charge is 2.47. The highest BCUT2D eigenvalue weighted by atomic mass is 16.5. The Hall–Kier alpha value is -2.04. The maximum absolute atomic E-state index is 12.3. The molecule has 1 aliphatic heterocycles. The number of aryl methyl sites for hydroxylation is 1. The van der Waals surface area contributed by atoms with Gasteiger partial charge in [-0.15, -0.1) is 0 Å². The Morgan fingerprint density at radius 1 is 1.32 bits per heavy atom. The normalized spacial score (nSPS) is 27.7. The fourth-order valence-electron chi connectivity index (χ4n) is 4.40. The highest BCUT2D eigenvalue weighted by molar-refractivity contribution is 5.84. The van der Waals surface area contributed by atoms with E-state index >= 15 is 0 Å². The van der Waals surface area contributed by atoms with Gasteiger partial charge in [-0.25, -0.2) is 5.48 Å². The van der Waals surface area contributed by atoms with Crippen LogP contribution in [0.2, 0.25) is 0 Å². The van der Waals surface area contributed by atoms with Gasteiger partial charge in [0.05, 0.1) is 29.8 Å². The first-order valence-electron chi connectivity index (χ1n) is 10.5. The van der Waals surface area contributed by atoms with Gasteiger partial charge in [0.25, 0.3) is 5.91 Å². The van der Waals surface area contributed by atoms with Crippen molar-refractivity contribution >= 4 is 11.8 Å². The third-order valence-corrected chi connectivity index (χ3v) is 6.06. The second-order valence-electron chi connectivity index (χ2n) is 8.86. The summed E-state index contributed by atoms with van der Waals surface area (Å²) < 4.78 is 5.64. The second-order valence-corrected chi connectivity index (χ2v) is 8.86. The molecule has 1 fully saturated rings. The van der Waals surface area contributed by atoms with E-state index in [1.807, 2.05) is 0 Å².